The minimum Gasteiger partial charge on any atom is -0.476 e. The van der Waals surface area contributed by atoms with Gasteiger partial charge in [-0.1, -0.05) is 19.1 Å². The third-order valence-electron chi connectivity index (χ3n) is 3.63. The van der Waals surface area contributed by atoms with Crippen LogP contribution >= 0.6 is 0 Å². The van der Waals surface area contributed by atoms with Gasteiger partial charge in [0, 0.05) is 18.0 Å². The SMILES string of the molecule is CCC(O)(CC)Cn1nnc(C(=O)O)c1-c1cccnc1. The van der Waals surface area contributed by atoms with Crippen molar-refractivity contribution in [1.29, 1.82) is 0 Å². The second-order valence-corrected chi connectivity index (χ2v) is 4.92. The average Bonchev–Trinajstić information content (AvgIpc) is 2.91. The van der Waals surface area contributed by atoms with E-state index in [0.717, 1.165) is 0 Å². The van der Waals surface area contributed by atoms with Crippen molar-refractivity contribution >= 4 is 5.97 Å². The fraction of sp³-hybridized carbons (Fsp3) is 0.429. The highest BCUT2D eigenvalue weighted by atomic mass is 16.4. The zero-order valence-corrected chi connectivity index (χ0v) is 12.0. The number of pyridine rings is 1. The lowest BCUT2D eigenvalue weighted by molar-refractivity contribution is 0.0118. The molecule has 0 aromatic carbocycles. The summed E-state index contributed by atoms with van der Waals surface area (Å²) in [6.45, 7) is 3.94. The summed E-state index contributed by atoms with van der Waals surface area (Å²) in [7, 11) is 0. The highest BCUT2D eigenvalue weighted by Crippen LogP contribution is 2.25. The zero-order chi connectivity index (χ0) is 15.5. The third kappa shape index (κ3) is 3.08. The van der Waals surface area contributed by atoms with Gasteiger partial charge < -0.3 is 10.2 Å². The number of aromatic nitrogens is 4. The van der Waals surface area contributed by atoms with Gasteiger partial charge in [0.1, 0.15) is 5.69 Å². The molecule has 0 amide bonds. The Morgan fingerprint density at radius 2 is 2.10 bits per heavy atom. The summed E-state index contributed by atoms with van der Waals surface area (Å²) in [6.07, 6.45) is 4.24. The maximum Gasteiger partial charge on any atom is 0.358 e. The topological polar surface area (TPSA) is 101 Å². The average molecular weight is 290 g/mol. The van der Waals surface area contributed by atoms with Gasteiger partial charge in [-0.15, -0.1) is 5.10 Å². The molecule has 112 valence electrons. The Bertz CT molecular complexity index is 620. The number of aliphatic hydroxyl groups is 1. The summed E-state index contributed by atoms with van der Waals surface area (Å²) in [5, 5.41) is 27.3. The van der Waals surface area contributed by atoms with E-state index in [4.69, 9.17) is 0 Å². The van der Waals surface area contributed by atoms with Crippen molar-refractivity contribution in [3.63, 3.8) is 0 Å². The molecular weight excluding hydrogens is 272 g/mol. The largest absolute Gasteiger partial charge is 0.476 e. The molecule has 0 aliphatic carbocycles. The molecule has 0 bridgehead atoms. The number of hydrogen-bond acceptors (Lipinski definition) is 5. The lowest BCUT2D eigenvalue weighted by Crippen LogP contribution is -2.33. The van der Waals surface area contributed by atoms with Crippen LogP contribution < -0.4 is 0 Å². The van der Waals surface area contributed by atoms with Gasteiger partial charge in [0.15, 0.2) is 5.69 Å². The van der Waals surface area contributed by atoms with E-state index in [9.17, 15) is 15.0 Å². The maximum atomic E-state index is 11.3. The summed E-state index contributed by atoms with van der Waals surface area (Å²) in [5.74, 6) is -1.16. The van der Waals surface area contributed by atoms with Crippen molar-refractivity contribution in [3.05, 3.63) is 30.2 Å². The molecule has 0 aliphatic heterocycles. The second kappa shape index (κ2) is 6.01. The second-order valence-electron chi connectivity index (χ2n) is 4.92. The van der Waals surface area contributed by atoms with E-state index in [0.29, 0.717) is 24.1 Å². The molecule has 2 aromatic rings. The number of carbonyl (C=O) groups is 1. The fourth-order valence-corrected chi connectivity index (χ4v) is 2.11. The summed E-state index contributed by atoms with van der Waals surface area (Å²) in [5.41, 5.74) is -0.122. The van der Waals surface area contributed by atoms with E-state index in [2.05, 4.69) is 15.3 Å². The Morgan fingerprint density at radius 1 is 1.38 bits per heavy atom. The molecule has 0 atom stereocenters. The smallest absolute Gasteiger partial charge is 0.358 e. The molecule has 2 aromatic heterocycles. The molecule has 0 fully saturated rings. The van der Waals surface area contributed by atoms with Crippen LogP contribution in [0, 0.1) is 0 Å². The molecular formula is C14H18N4O3. The molecule has 21 heavy (non-hydrogen) atoms. The van der Waals surface area contributed by atoms with E-state index in [-0.39, 0.29) is 12.2 Å². The van der Waals surface area contributed by atoms with Crippen LogP contribution in [0.5, 0.6) is 0 Å². The van der Waals surface area contributed by atoms with Crippen molar-refractivity contribution < 1.29 is 15.0 Å². The van der Waals surface area contributed by atoms with Crippen molar-refractivity contribution in [1.82, 2.24) is 20.0 Å². The molecule has 0 aliphatic rings. The Hall–Kier alpha value is -2.28. The van der Waals surface area contributed by atoms with Crippen LogP contribution in [0.2, 0.25) is 0 Å². The molecule has 7 heteroatoms. The van der Waals surface area contributed by atoms with Crippen molar-refractivity contribution in [2.45, 2.75) is 38.8 Å². The molecule has 0 radical (unpaired) electrons. The first-order chi connectivity index (χ1) is 10.0. The van der Waals surface area contributed by atoms with Crippen molar-refractivity contribution in [3.8, 4) is 11.3 Å². The van der Waals surface area contributed by atoms with Crippen molar-refractivity contribution in [2.75, 3.05) is 0 Å². The summed E-state index contributed by atoms with van der Waals surface area (Å²) in [4.78, 5) is 15.3. The Morgan fingerprint density at radius 3 is 2.62 bits per heavy atom. The lowest BCUT2D eigenvalue weighted by Gasteiger charge is -2.25. The molecule has 2 N–H and O–H groups in total. The number of nitrogens with zero attached hydrogens (tertiary/aromatic N) is 4. The number of rotatable bonds is 6. The molecule has 2 heterocycles. The molecule has 0 unspecified atom stereocenters. The Balaban J connectivity index is 2.51. The number of aromatic carboxylic acids is 1. The highest BCUT2D eigenvalue weighted by molar-refractivity contribution is 5.92. The van der Waals surface area contributed by atoms with Crippen LogP contribution in [0.25, 0.3) is 11.3 Å². The lowest BCUT2D eigenvalue weighted by atomic mass is 9.97. The Labute approximate surface area is 122 Å². The van der Waals surface area contributed by atoms with Gasteiger partial charge in [-0.3, -0.25) is 4.98 Å². The van der Waals surface area contributed by atoms with Crippen LogP contribution in [-0.4, -0.2) is 41.8 Å². The number of hydrogen-bond donors (Lipinski definition) is 2. The first kappa shape index (κ1) is 15.1. The van der Waals surface area contributed by atoms with E-state index in [1.54, 1.807) is 24.5 Å². The number of carboxylic acids is 1. The maximum absolute atomic E-state index is 11.3. The molecule has 7 nitrogen and oxygen atoms in total. The number of carboxylic acid groups (broad SMARTS) is 1. The predicted octanol–water partition coefficient (Wildman–Crippen LogP) is 1.59. The molecule has 2 rings (SSSR count). The van der Waals surface area contributed by atoms with Gasteiger partial charge in [-0.05, 0) is 25.0 Å². The first-order valence-corrected chi connectivity index (χ1v) is 6.80. The van der Waals surface area contributed by atoms with Crippen LogP contribution in [0.3, 0.4) is 0 Å². The van der Waals surface area contributed by atoms with E-state index in [1.807, 2.05) is 13.8 Å². The summed E-state index contributed by atoms with van der Waals surface area (Å²) < 4.78 is 1.44. The highest BCUT2D eigenvalue weighted by Gasteiger charge is 2.28. The molecule has 0 saturated heterocycles. The van der Waals surface area contributed by atoms with E-state index < -0.39 is 11.6 Å². The van der Waals surface area contributed by atoms with E-state index in [1.165, 1.54) is 4.68 Å². The third-order valence-corrected chi connectivity index (χ3v) is 3.63. The summed E-state index contributed by atoms with van der Waals surface area (Å²) >= 11 is 0. The van der Waals surface area contributed by atoms with Gasteiger partial charge in [0.05, 0.1) is 12.1 Å². The van der Waals surface area contributed by atoms with Crippen LogP contribution in [0.1, 0.15) is 37.2 Å². The minimum atomic E-state index is -1.16. The predicted molar refractivity (Wildman–Crippen MR) is 75.7 cm³/mol. The fourth-order valence-electron chi connectivity index (χ4n) is 2.11. The van der Waals surface area contributed by atoms with Crippen LogP contribution in [-0.2, 0) is 6.54 Å². The Kier molecular flexibility index (Phi) is 4.32. The van der Waals surface area contributed by atoms with Crippen LogP contribution in [0.15, 0.2) is 24.5 Å². The van der Waals surface area contributed by atoms with Gasteiger partial charge in [-0.25, -0.2) is 9.48 Å². The summed E-state index contributed by atoms with van der Waals surface area (Å²) in [6, 6.07) is 3.45. The van der Waals surface area contributed by atoms with Gasteiger partial charge in [0.2, 0.25) is 0 Å². The van der Waals surface area contributed by atoms with Crippen molar-refractivity contribution in [2.24, 2.45) is 0 Å². The van der Waals surface area contributed by atoms with E-state index >= 15 is 0 Å². The van der Waals surface area contributed by atoms with Crippen LogP contribution in [0.4, 0.5) is 0 Å². The van der Waals surface area contributed by atoms with Gasteiger partial charge >= 0.3 is 5.97 Å². The normalized spacial score (nSPS) is 11.6. The first-order valence-electron chi connectivity index (χ1n) is 6.80. The zero-order valence-electron chi connectivity index (χ0n) is 12.0. The standard InChI is InChI=1S/C14H18N4O3/c1-3-14(21,4-2)9-18-12(10-6-5-7-15-8-10)11(13(19)20)16-17-18/h5-8,21H,3-4,9H2,1-2H3,(H,19,20). The van der Waals surface area contributed by atoms with Gasteiger partial charge in [-0.2, -0.15) is 0 Å². The molecule has 0 spiro atoms. The monoisotopic (exact) mass is 290 g/mol. The quantitative estimate of drug-likeness (QED) is 0.837. The van der Waals surface area contributed by atoms with Gasteiger partial charge in [0.25, 0.3) is 0 Å². The minimum absolute atomic E-state index is 0.141. The molecule has 0 saturated carbocycles.